The average Bonchev–Trinajstić information content (AvgIpc) is 3.28. The number of hydrogen-bond acceptors (Lipinski definition) is 5. The number of para-hydroxylation sites is 1. The van der Waals surface area contributed by atoms with Crippen LogP contribution in [-0.4, -0.2) is 29.3 Å². The second kappa shape index (κ2) is 10.1. The molecule has 1 aliphatic heterocycles. The Balaban J connectivity index is 1.74. The van der Waals surface area contributed by atoms with Gasteiger partial charge in [-0.25, -0.2) is 5.84 Å². The van der Waals surface area contributed by atoms with Crippen molar-refractivity contribution in [3.8, 4) is 0 Å². The molecule has 2 aromatic carbocycles. The molecule has 0 aromatic heterocycles. The van der Waals surface area contributed by atoms with Crippen molar-refractivity contribution in [2.75, 3.05) is 11.6 Å². The molecule has 1 aliphatic rings. The minimum atomic E-state index is -0.492. The van der Waals surface area contributed by atoms with Crippen molar-refractivity contribution in [1.29, 1.82) is 0 Å². The number of nitrogens with zero attached hydrogens (tertiary/aromatic N) is 2. The summed E-state index contributed by atoms with van der Waals surface area (Å²) in [5.74, 6) is 5.81. The Morgan fingerprint density at radius 3 is 2.61 bits per heavy atom. The molecule has 1 atom stereocenters. The van der Waals surface area contributed by atoms with E-state index in [1.54, 1.807) is 29.3 Å². The van der Waals surface area contributed by atoms with Gasteiger partial charge in [-0.3, -0.25) is 14.6 Å². The summed E-state index contributed by atoms with van der Waals surface area (Å²) in [7, 11) is 0. The summed E-state index contributed by atoms with van der Waals surface area (Å²) in [6.07, 6.45) is 3.69. The third kappa shape index (κ3) is 5.44. The van der Waals surface area contributed by atoms with Gasteiger partial charge in [-0.2, -0.15) is 0 Å². The van der Waals surface area contributed by atoms with Crippen LogP contribution in [0.4, 0.5) is 5.69 Å². The minimum absolute atomic E-state index is 0.136. The van der Waals surface area contributed by atoms with Crippen molar-refractivity contribution in [1.82, 2.24) is 10.2 Å². The van der Waals surface area contributed by atoms with Gasteiger partial charge in [-0.15, -0.1) is 0 Å². The van der Waals surface area contributed by atoms with Crippen LogP contribution >= 0.6 is 0 Å². The first-order valence-corrected chi connectivity index (χ1v) is 10.6. The predicted molar refractivity (Wildman–Crippen MR) is 123 cm³/mol. The Morgan fingerprint density at radius 2 is 1.90 bits per heavy atom. The van der Waals surface area contributed by atoms with Gasteiger partial charge in [0.15, 0.2) is 0 Å². The van der Waals surface area contributed by atoms with Gasteiger partial charge >= 0.3 is 0 Å². The number of hydrogen-bond donors (Lipinski definition) is 3. The van der Waals surface area contributed by atoms with Crippen LogP contribution in [0.2, 0.25) is 0 Å². The first kappa shape index (κ1) is 22.4. The van der Waals surface area contributed by atoms with Crippen LogP contribution in [0.15, 0.2) is 60.4 Å². The van der Waals surface area contributed by atoms with E-state index in [1.165, 1.54) is 10.6 Å². The summed E-state index contributed by atoms with van der Waals surface area (Å²) >= 11 is 0. The Labute approximate surface area is 183 Å². The lowest BCUT2D eigenvalue weighted by molar-refractivity contribution is -0.125. The van der Waals surface area contributed by atoms with Crippen LogP contribution in [0.25, 0.3) is 0 Å². The Kier molecular flexibility index (Phi) is 7.31. The predicted octanol–water partition coefficient (Wildman–Crippen LogP) is 2.81. The van der Waals surface area contributed by atoms with Gasteiger partial charge in [0, 0.05) is 25.0 Å². The van der Waals surface area contributed by atoms with Gasteiger partial charge in [0.2, 0.25) is 5.91 Å². The van der Waals surface area contributed by atoms with Gasteiger partial charge in [0.25, 0.3) is 5.91 Å². The highest BCUT2D eigenvalue weighted by atomic mass is 16.2. The fourth-order valence-corrected chi connectivity index (χ4v) is 3.67. The number of amides is 2. The molecule has 1 saturated heterocycles. The Bertz CT molecular complexity index is 955. The summed E-state index contributed by atoms with van der Waals surface area (Å²) in [5, 5.41) is 4.34. The highest BCUT2D eigenvalue weighted by Crippen LogP contribution is 2.26. The average molecular weight is 422 g/mol. The van der Waals surface area contributed by atoms with Crippen molar-refractivity contribution in [3.05, 3.63) is 77.1 Å². The summed E-state index contributed by atoms with van der Waals surface area (Å²) in [4.78, 5) is 27.9. The number of allylic oxidation sites excluding steroid dienone is 1. The molecule has 1 unspecified atom stereocenters. The van der Waals surface area contributed by atoms with Gasteiger partial charge in [-0.05, 0) is 43.9 Å². The fourth-order valence-electron chi connectivity index (χ4n) is 3.67. The third-order valence-corrected chi connectivity index (χ3v) is 5.53. The van der Waals surface area contributed by atoms with Crippen molar-refractivity contribution in [2.24, 2.45) is 11.6 Å². The highest BCUT2D eigenvalue weighted by Gasteiger charge is 2.35. The number of likely N-dealkylation sites (tertiary alicyclic amines) is 1. The SMILES string of the molecule is CC/C(N)=C/N(N)c1ccccc1C(=O)N1CCCC1C(=O)NCc1ccc(C)cc1. The van der Waals surface area contributed by atoms with E-state index in [0.717, 1.165) is 12.0 Å². The summed E-state index contributed by atoms with van der Waals surface area (Å²) in [5.41, 5.74) is 9.71. The number of carbonyl (C=O) groups excluding carboxylic acids is 2. The molecule has 164 valence electrons. The maximum atomic E-state index is 13.4. The maximum Gasteiger partial charge on any atom is 0.256 e. The van der Waals surface area contributed by atoms with Gasteiger partial charge in [0.05, 0.1) is 11.3 Å². The van der Waals surface area contributed by atoms with Crippen LogP contribution in [0.3, 0.4) is 0 Å². The van der Waals surface area contributed by atoms with Crippen LogP contribution < -0.4 is 21.9 Å². The molecule has 3 rings (SSSR count). The zero-order valence-corrected chi connectivity index (χ0v) is 18.2. The molecule has 7 nitrogen and oxygen atoms in total. The summed E-state index contributed by atoms with van der Waals surface area (Å²) in [6.45, 7) is 4.93. The van der Waals surface area contributed by atoms with E-state index in [2.05, 4.69) is 5.32 Å². The molecule has 7 heteroatoms. The smallest absolute Gasteiger partial charge is 0.256 e. The van der Waals surface area contributed by atoms with Crippen molar-refractivity contribution < 1.29 is 9.59 Å². The molecule has 0 aliphatic carbocycles. The van der Waals surface area contributed by atoms with Gasteiger partial charge in [-0.1, -0.05) is 48.9 Å². The number of hydrazine groups is 1. The van der Waals surface area contributed by atoms with Crippen LogP contribution in [0.1, 0.15) is 47.7 Å². The lowest BCUT2D eigenvalue weighted by atomic mass is 10.1. The first-order valence-electron chi connectivity index (χ1n) is 10.6. The Morgan fingerprint density at radius 1 is 1.19 bits per heavy atom. The van der Waals surface area contributed by atoms with Crippen molar-refractivity contribution in [2.45, 2.75) is 45.7 Å². The van der Waals surface area contributed by atoms with E-state index < -0.39 is 6.04 Å². The topological polar surface area (TPSA) is 105 Å². The number of anilines is 1. The lowest BCUT2D eigenvalue weighted by Crippen LogP contribution is -2.46. The summed E-state index contributed by atoms with van der Waals surface area (Å²) < 4.78 is 0. The summed E-state index contributed by atoms with van der Waals surface area (Å²) in [6, 6.07) is 14.6. The van der Waals surface area contributed by atoms with Crippen LogP contribution in [0, 0.1) is 6.92 Å². The molecule has 31 heavy (non-hydrogen) atoms. The van der Waals surface area contributed by atoms with Crippen molar-refractivity contribution in [3.63, 3.8) is 0 Å². The minimum Gasteiger partial charge on any atom is -0.401 e. The number of nitrogens with two attached hydrogens (primary N) is 2. The quantitative estimate of drug-likeness (QED) is 0.471. The van der Waals surface area contributed by atoms with Gasteiger partial charge in [0.1, 0.15) is 6.04 Å². The molecule has 1 fully saturated rings. The molecule has 1 heterocycles. The van der Waals surface area contributed by atoms with E-state index in [4.69, 9.17) is 11.6 Å². The number of carbonyl (C=O) groups is 2. The van der Waals surface area contributed by atoms with E-state index in [0.29, 0.717) is 42.9 Å². The van der Waals surface area contributed by atoms with Crippen LogP contribution in [-0.2, 0) is 11.3 Å². The van der Waals surface area contributed by atoms with Crippen LogP contribution in [0.5, 0.6) is 0 Å². The zero-order valence-electron chi connectivity index (χ0n) is 18.2. The maximum absolute atomic E-state index is 13.4. The third-order valence-electron chi connectivity index (χ3n) is 5.53. The molecule has 5 N–H and O–H groups in total. The number of aryl methyl sites for hydroxylation is 1. The standard InChI is InChI=1S/C24H31N5O2/c1-3-19(25)16-29(26)21-8-5-4-7-20(21)24(31)28-14-6-9-22(28)23(30)27-15-18-12-10-17(2)11-13-18/h4-5,7-8,10-13,16,22H,3,6,9,14-15,25-26H2,1-2H3,(H,27,30)/b19-16-. The molecule has 2 aromatic rings. The molecular formula is C24H31N5O2. The number of nitrogens with one attached hydrogen (secondary N) is 1. The van der Waals surface area contributed by atoms with E-state index in [9.17, 15) is 9.59 Å². The highest BCUT2D eigenvalue weighted by molar-refractivity contribution is 6.02. The normalized spacial score (nSPS) is 16.3. The Hall–Kier alpha value is -3.32. The van der Waals surface area contributed by atoms with E-state index in [1.807, 2.05) is 44.2 Å². The number of benzene rings is 2. The van der Waals surface area contributed by atoms with E-state index in [-0.39, 0.29) is 11.8 Å². The van der Waals surface area contributed by atoms with E-state index >= 15 is 0 Å². The molecule has 0 spiro atoms. The van der Waals surface area contributed by atoms with Gasteiger partial charge < -0.3 is 16.0 Å². The molecule has 0 saturated carbocycles. The monoisotopic (exact) mass is 421 g/mol. The van der Waals surface area contributed by atoms with Crippen molar-refractivity contribution >= 4 is 17.5 Å². The zero-order chi connectivity index (χ0) is 22.4. The molecule has 2 amide bonds. The molecule has 0 radical (unpaired) electrons. The fraction of sp³-hybridized carbons (Fsp3) is 0.333. The molecule has 0 bridgehead atoms. The second-order valence-electron chi connectivity index (χ2n) is 7.84. The lowest BCUT2D eigenvalue weighted by Gasteiger charge is -2.26. The number of rotatable bonds is 7. The second-order valence-corrected chi connectivity index (χ2v) is 7.84. The molecular weight excluding hydrogens is 390 g/mol. The largest absolute Gasteiger partial charge is 0.401 e. The first-order chi connectivity index (χ1) is 14.9.